The Labute approximate surface area is 98.4 Å². The number of nitrogens with two attached hydrogens (primary N) is 1. The first-order valence-corrected chi connectivity index (χ1v) is 5.98. The first-order chi connectivity index (χ1) is 7.11. The van der Waals surface area contributed by atoms with E-state index < -0.39 is 11.9 Å². The minimum absolute atomic E-state index is 0.238. The summed E-state index contributed by atoms with van der Waals surface area (Å²) in [5, 5.41) is 0. The van der Waals surface area contributed by atoms with Gasteiger partial charge in [0.1, 0.15) is 9.83 Å². The third-order valence-corrected chi connectivity index (χ3v) is 3.88. The van der Waals surface area contributed by atoms with Crippen LogP contribution >= 0.6 is 27.3 Å². The molecule has 0 spiro atoms. The van der Waals surface area contributed by atoms with Gasteiger partial charge in [-0.25, -0.2) is 4.98 Å². The molecule has 1 unspecified atom stereocenters. The lowest BCUT2D eigenvalue weighted by Gasteiger charge is -2.38. The van der Waals surface area contributed by atoms with Crippen LogP contribution in [0.5, 0.6) is 0 Å². The Morgan fingerprint density at radius 2 is 2.40 bits per heavy atom. The van der Waals surface area contributed by atoms with Crippen molar-refractivity contribution in [2.45, 2.75) is 12.5 Å². The fourth-order valence-corrected chi connectivity index (χ4v) is 2.46. The van der Waals surface area contributed by atoms with E-state index >= 15 is 0 Å². The molecular formula is C8H8BrN3O2S. The number of rotatable bonds is 2. The number of hydrogen-bond donors (Lipinski definition) is 1. The molecule has 2 heterocycles. The molecule has 1 atom stereocenters. The summed E-state index contributed by atoms with van der Waals surface area (Å²) in [6.07, 6.45) is 0.642. The highest BCUT2D eigenvalue weighted by atomic mass is 79.9. The van der Waals surface area contributed by atoms with Crippen molar-refractivity contribution in [3.8, 4) is 0 Å². The summed E-state index contributed by atoms with van der Waals surface area (Å²) in [4.78, 5) is 28.2. The predicted molar refractivity (Wildman–Crippen MR) is 58.4 cm³/mol. The van der Waals surface area contributed by atoms with Crippen LogP contribution in [0.2, 0.25) is 0 Å². The van der Waals surface area contributed by atoms with Gasteiger partial charge in [-0.1, -0.05) is 0 Å². The van der Waals surface area contributed by atoms with Crippen LogP contribution in [0.3, 0.4) is 0 Å². The minimum atomic E-state index is -0.467. The highest BCUT2D eigenvalue weighted by Gasteiger charge is 2.37. The largest absolute Gasteiger partial charge is 0.368 e. The molecule has 1 saturated heterocycles. The summed E-state index contributed by atoms with van der Waals surface area (Å²) in [7, 11) is 0. The minimum Gasteiger partial charge on any atom is -0.368 e. The lowest BCUT2D eigenvalue weighted by molar-refractivity contribution is -0.125. The number of amides is 2. The molecule has 0 aromatic carbocycles. The fourth-order valence-electron chi connectivity index (χ4n) is 1.43. The molecule has 1 fully saturated rings. The van der Waals surface area contributed by atoms with Crippen LogP contribution in [-0.4, -0.2) is 34.3 Å². The maximum absolute atomic E-state index is 11.9. The average Bonchev–Trinajstić information content (AvgIpc) is 2.47. The van der Waals surface area contributed by atoms with Gasteiger partial charge in [0.25, 0.3) is 5.91 Å². The zero-order valence-corrected chi connectivity index (χ0v) is 10.0. The van der Waals surface area contributed by atoms with Gasteiger partial charge >= 0.3 is 0 Å². The van der Waals surface area contributed by atoms with E-state index in [-0.39, 0.29) is 5.91 Å². The molecule has 0 aliphatic carbocycles. The molecule has 0 bridgehead atoms. The van der Waals surface area contributed by atoms with Crippen molar-refractivity contribution in [1.82, 2.24) is 9.88 Å². The summed E-state index contributed by atoms with van der Waals surface area (Å²) < 4.78 is 0.683. The van der Waals surface area contributed by atoms with E-state index in [1.54, 1.807) is 5.51 Å². The van der Waals surface area contributed by atoms with Gasteiger partial charge in [-0.05, 0) is 22.4 Å². The second-order valence-corrected chi connectivity index (χ2v) is 5.35. The Morgan fingerprint density at radius 3 is 2.80 bits per heavy atom. The number of primary amides is 1. The van der Waals surface area contributed by atoms with E-state index in [4.69, 9.17) is 5.73 Å². The Hall–Kier alpha value is -0.950. The number of carbonyl (C=O) groups excluding carboxylic acids is 2. The number of thiazole rings is 1. The van der Waals surface area contributed by atoms with Gasteiger partial charge in [-0.3, -0.25) is 9.59 Å². The van der Waals surface area contributed by atoms with E-state index in [9.17, 15) is 9.59 Å². The number of likely N-dealkylation sites (tertiary alicyclic amines) is 1. The van der Waals surface area contributed by atoms with Crippen LogP contribution in [0.15, 0.2) is 9.30 Å². The highest BCUT2D eigenvalue weighted by Crippen LogP contribution is 2.26. The van der Waals surface area contributed by atoms with Crippen LogP contribution in [0.4, 0.5) is 0 Å². The molecule has 2 amide bonds. The van der Waals surface area contributed by atoms with Gasteiger partial charge in [-0.2, -0.15) is 0 Å². The number of nitrogens with zero attached hydrogens (tertiary/aromatic N) is 2. The third-order valence-electron chi connectivity index (χ3n) is 2.34. The molecule has 80 valence electrons. The standard InChI is InChI=1S/C8H8BrN3O2S/c9-6-5(11-3-15-6)8(14)12-2-1-4(12)7(10)13/h3-4H,1-2H2,(H2,10,13). The molecule has 0 radical (unpaired) electrons. The van der Waals surface area contributed by atoms with Crippen LogP contribution < -0.4 is 5.73 Å². The molecular weight excluding hydrogens is 282 g/mol. The normalized spacial score (nSPS) is 19.8. The van der Waals surface area contributed by atoms with Crippen molar-refractivity contribution in [3.05, 3.63) is 15.0 Å². The molecule has 1 aliphatic heterocycles. The molecule has 2 rings (SSSR count). The Bertz CT molecular complexity index is 420. The molecule has 0 saturated carbocycles. The van der Waals surface area contributed by atoms with Crippen molar-refractivity contribution < 1.29 is 9.59 Å². The maximum atomic E-state index is 11.9. The van der Waals surface area contributed by atoms with Crippen molar-refractivity contribution >= 4 is 39.1 Å². The molecule has 15 heavy (non-hydrogen) atoms. The predicted octanol–water partition coefficient (Wildman–Crippen LogP) is 0.605. The van der Waals surface area contributed by atoms with Crippen molar-refractivity contribution in [3.63, 3.8) is 0 Å². The van der Waals surface area contributed by atoms with Crippen LogP contribution in [0.25, 0.3) is 0 Å². The molecule has 5 nitrogen and oxygen atoms in total. The molecule has 1 aliphatic rings. The van der Waals surface area contributed by atoms with Gasteiger partial charge in [0.2, 0.25) is 5.91 Å². The van der Waals surface area contributed by atoms with Gasteiger partial charge in [0.15, 0.2) is 5.69 Å². The second-order valence-electron chi connectivity index (χ2n) is 3.18. The van der Waals surface area contributed by atoms with Crippen molar-refractivity contribution in [2.75, 3.05) is 6.54 Å². The van der Waals surface area contributed by atoms with E-state index in [0.29, 0.717) is 22.4 Å². The quantitative estimate of drug-likeness (QED) is 0.866. The van der Waals surface area contributed by atoms with Crippen LogP contribution in [-0.2, 0) is 4.79 Å². The summed E-state index contributed by atoms with van der Waals surface area (Å²) in [6.45, 7) is 0.566. The monoisotopic (exact) mass is 289 g/mol. The first kappa shape index (κ1) is 10.6. The second kappa shape index (κ2) is 3.90. The van der Waals surface area contributed by atoms with Crippen molar-refractivity contribution in [2.24, 2.45) is 5.73 Å². The molecule has 7 heteroatoms. The lowest BCUT2D eigenvalue weighted by Crippen LogP contribution is -2.57. The highest BCUT2D eigenvalue weighted by molar-refractivity contribution is 9.11. The van der Waals surface area contributed by atoms with E-state index in [1.807, 2.05) is 0 Å². The summed E-state index contributed by atoms with van der Waals surface area (Å²) >= 11 is 4.57. The van der Waals surface area contributed by atoms with Crippen LogP contribution in [0.1, 0.15) is 16.9 Å². The van der Waals surface area contributed by atoms with Crippen molar-refractivity contribution in [1.29, 1.82) is 0 Å². The van der Waals surface area contributed by atoms with E-state index in [1.165, 1.54) is 16.2 Å². The number of hydrogen-bond acceptors (Lipinski definition) is 4. The lowest BCUT2D eigenvalue weighted by atomic mass is 10.0. The molecule has 2 N–H and O–H groups in total. The maximum Gasteiger partial charge on any atom is 0.275 e. The zero-order valence-electron chi connectivity index (χ0n) is 7.64. The summed E-state index contributed by atoms with van der Waals surface area (Å²) in [5.74, 6) is -0.695. The number of carbonyl (C=O) groups is 2. The Balaban J connectivity index is 2.16. The van der Waals surface area contributed by atoms with Gasteiger partial charge in [-0.15, -0.1) is 11.3 Å². The summed E-state index contributed by atoms with van der Waals surface area (Å²) in [5.41, 5.74) is 7.09. The van der Waals surface area contributed by atoms with Gasteiger partial charge in [0, 0.05) is 6.54 Å². The molecule has 1 aromatic rings. The van der Waals surface area contributed by atoms with Gasteiger partial charge < -0.3 is 10.6 Å². The zero-order chi connectivity index (χ0) is 11.0. The first-order valence-electron chi connectivity index (χ1n) is 4.30. The van der Waals surface area contributed by atoms with E-state index in [0.717, 1.165) is 0 Å². The van der Waals surface area contributed by atoms with E-state index in [2.05, 4.69) is 20.9 Å². The Kier molecular flexibility index (Phi) is 2.74. The SMILES string of the molecule is NC(=O)C1CCN1C(=O)c1ncsc1Br. The fraction of sp³-hybridized carbons (Fsp3) is 0.375. The number of aromatic nitrogens is 1. The smallest absolute Gasteiger partial charge is 0.275 e. The molecule has 1 aromatic heterocycles. The third kappa shape index (κ3) is 1.76. The summed E-state index contributed by atoms with van der Waals surface area (Å²) in [6, 6.07) is -0.467. The topological polar surface area (TPSA) is 76.3 Å². The average molecular weight is 290 g/mol. The van der Waals surface area contributed by atoms with Crippen LogP contribution in [0, 0.1) is 0 Å². The Morgan fingerprint density at radius 1 is 1.67 bits per heavy atom. The number of halogens is 1. The van der Waals surface area contributed by atoms with Gasteiger partial charge in [0.05, 0.1) is 5.51 Å².